The molecule has 0 spiro atoms. The molecular formula is C28H34ClIN2O2. The van der Waals surface area contributed by atoms with Gasteiger partial charge in [0.2, 0.25) is 0 Å². The summed E-state index contributed by atoms with van der Waals surface area (Å²) in [5, 5.41) is 2.86. The third-order valence-electron chi connectivity index (χ3n) is 8.94. The Hall–Kier alpha value is -1.31. The molecule has 1 amide bonds. The van der Waals surface area contributed by atoms with Crippen LogP contribution in [0.5, 0.6) is 5.75 Å². The van der Waals surface area contributed by atoms with Crippen molar-refractivity contribution in [3.63, 3.8) is 0 Å². The number of nitrogens with one attached hydrogen (secondary N) is 1. The molecule has 2 saturated carbocycles. The summed E-state index contributed by atoms with van der Waals surface area (Å²) in [7, 11) is 0. The largest absolute Gasteiger partial charge is 0.417 e. The average Bonchev–Trinajstić information content (AvgIpc) is 2.79. The van der Waals surface area contributed by atoms with Gasteiger partial charge in [-0.15, -0.1) is 12.4 Å². The highest BCUT2D eigenvalue weighted by Crippen LogP contribution is 2.56. The maximum atomic E-state index is 12.6. The first-order valence-corrected chi connectivity index (χ1v) is 13.8. The van der Waals surface area contributed by atoms with Crippen LogP contribution in [-0.2, 0) is 11.8 Å². The molecule has 0 radical (unpaired) electrons. The number of ether oxygens (including phenoxy) is 1. The SMILES string of the molecule is Cl.O=C(Nc1ccc(I)cc1)Oc1ccc2c(c1)[C@@]13CCCC[C@H]1[C@@H](C2)N(CC1CCC1)CC3. The van der Waals surface area contributed by atoms with Gasteiger partial charge in [-0.25, -0.2) is 4.79 Å². The first-order chi connectivity index (χ1) is 16.1. The molecule has 3 fully saturated rings. The highest BCUT2D eigenvalue weighted by atomic mass is 127. The molecule has 3 atom stereocenters. The fourth-order valence-corrected chi connectivity index (χ4v) is 7.50. The van der Waals surface area contributed by atoms with E-state index < -0.39 is 6.09 Å². The van der Waals surface area contributed by atoms with Crippen LogP contribution >= 0.6 is 35.0 Å². The molecule has 3 aliphatic carbocycles. The van der Waals surface area contributed by atoms with E-state index >= 15 is 0 Å². The minimum Gasteiger partial charge on any atom is -0.410 e. The maximum Gasteiger partial charge on any atom is 0.417 e. The lowest BCUT2D eigenvalue weighted by atomic mass is 9.52. The Kier molecular flexibility index (Phi) is 7.16. The Bertz CT molecular complexity index is 1040. The van der Waals surface area contributed by atoms with E-state index in [4.69, 9.17) is 4.74 Å². The molecule has 2 aromatic rings. The monoisotopic (exact) mass is 592 g/mol. The molecule has 1 N–H and O–H groups in total. The molecule has 4 nitrogen and oxygen atoms in total. The Morgan fingerprint density at radius 3 is 2.65 bits per heavy atom. The molecule has 2 aromatic carbocycles. The van der Waals surface area contributed by atoms with E-state index in [-0.39, 0.29) is 17.8 Å². The van der Waals surface area contributed by atoms with Crippen LogP contribution < -0.4 is 10.1 Å². The second-order valence-corrected chi connectivity index (χ2v) is 11.9. The zero-order chi connectivity index (χ0) is 22.4. The Morgan fingerprint density at radius 1 is 1.06 bits per heavy atom. The molecular weight excluding hydrogens is 559 g/mol. The predicted octanol–water partition coefficient (Wildman–Crippen LogP) is 7.18. The van der Waals surface area contributed by atoms with Crippen LogP contribution in [0.15, 0.2) is 42.5 Å². The van der Waals surface area contributed by atoms with Gasteiger partial charge in [0.15, 0.2) is 0 Å². The molecule has 2 bridgehead atoms. The summed E-state index contributed by atoms with van der Waals surface area (Å²) < 4.78 is 6.90. The number of hydrogen-bond donors (Lipinski definition) is 1. The van der Waals surface area contributed by atoms with Crippen molar-refractivity contribution in [2.45, 2.75) is 69.2 Å². The number of hydrogen-bond acceptors (Lipinski definition) is 3. The van der Waals surface area contributed by atoms with Crippen molar-refractivity contribution in [3.8, 4) is 5.75 Å². The molecule has 1 saturated heterocycles. The van der Waals surface area contributed by atoms with Gasteiger partial charge in [0.25, 0.3) is 0 Å². The molecule has 182 valence electrons. The number of amides is 1. The van der Waals surface area contributed by atoms with Crippen LogP contribution in [0.3, 0.4) is 0 Å². The summed E-state index contributed by atoms with van der Waals surface area (Å²) in [4.78, 5) is 15.4. The van der Waals surface area contributed by atoms with Gasteiger partial charge in [0.05, 0.1) is 0 Å². The number of nitrogens with zero attached hydrogens (tertiary/aromatic N) is 1. The molecule has 1 aliphatic heterocycles. The lowest BCUT2D eigenvalue weighted by Gasteiger charge is -2.59. The number of benzene rings is 2. The lowest BCUT2D eigenvalue weighted by molar-refractivity contribution is -0.0240. The van der Waals surface area contributed by atoms with Crippen molar-refractivity contribution in [1.82, 2.24) is 4.90 Å². The van der Waals surface area contributed by atoms with E-state index in [0.29, 0.717) is 11.8 Å². The molecule has 6 rings (SSSR count). The third kappa shape index (κ3) is 4.48. The van der Waals surface area contributed by atoms with Gasteiger partial charge < -0.3 is 4.74 Å². The normalized spacial score (nSPS) is 28.0. The zero-order valence-electron chi connectivity index (χ0n) is 19.6. The van der Waals surface area contributed by atoms with E-state index in [1.165, 1.54) is 75.6 Å². The second-order valence-electron chi connectivity index (χ2n) is 10.7. The summed E-state index contributed by atoms with van der Waals surface area (Å²) in [5.74, 6) is 2.36. The van der Waals surface area contributed by atoms with Crippen molar-refractivity contribution in [3.05, 3.63) is 57.2 Å². The van der Waals surface area contributed by atoms with E-state index in [9.17, 15) is 4.79 Å². The first-order valence-electron chi connectivity index (χ1n) is 12.7. The van der Waals surface area contributed by atoms with Crippen molar-refractivity contribution >= 4 is 46.8 Å². The van der Waals surface area contributed by atoms with Gasteiger partial charge in [0, 0.05) is 27.3 Å². The molecule has 4 aliphatic rings. The summed E-state index contributed by atoms with van der Waals surface area (Å²) in [6.45, 7) is 2.54. The molecule has 1 heterocycles. The first kappa shape index (κ1) is 24.4. The van der Waals surface area contributed by atoms with Crippen LogP contribution in [0, 0.1) is 15.4 Å². The minimum atomic E-state index is -0.419. The van der Waals surface area contributed by atoms with Crippen molar-refractivity contribution in [2.75, 3.05) is 18.4 Å². The minimum absolute atomic E-state index is 0. The lowest BCUT2D eigenvalue weighted by Crippen LogP contribution is -2.61. The van der Waals surface area contributed by atoms with Crippen LogP contribution in [0.25, 0.3) is 0 Å². The summed E-state index contributed by atoms with van der Waals surface area (Å²) in [6, 6.07) is 14.9. The van der Waals surface area contributed by atoms with Gasteiger partial charge in [0.1, 0.15) is 5.75 Å². The summed E-state index contributed by atoms with van der Waals surface area (Å²) in [5.41, 5.74) is 4.00. The number of carbonyl (C=O) groups is 1. The summed E-state index contributed by atoms with van der Waals surface area (Å²) >= 11 is 2.26. The van der Waals surface area contributed by atoms with E-state index in [2.05, 4.69) is 44.9 Å². The number of likely N-dealkylation sites (tertiary alicyclic amines) is 1. The van der Waals surface area contributed by atoms with Crippen molar-refractivity contribution in [1.29, 1.82) is 0 Å². The van der Waals surface area contributed by atoms with E-state index in [0.717, 1.165) is 27.5 Å². The fourth-order valence-electron chi connectivity index (χ4n) is 7.14. The third-order valence-corrected chi connectivity index (χ3v) is 9.66. The van der Waals surface area contributed by atoms with Crippen molar-refractivity contribution < 1.29 is 9.53 Å². The van der Waals surface area contributed by atoms with Gasteiger partial charge in [-0.1, -0.05) is 25.3 Å². The Labute approximate surface area is 222 Å². The number of piperidine rings is 1. The Balaban J connectivity index is 0.00000241. The predicted molar refractivity (Wildman–Crippen MR) is 147 cm³/mol. The molecule has 34 heavy (non-hydrogen) atoms. The standard InChI is InChI=1S/C28H33IN2O2.ClH/c29-21-8-10-22(11-9-21)30-27(32)33-23-12-7-20-16-26-24-6-1-2-13-28(24,25(20)17-23)14-15-31(26)18-19-4-3-5-19;/h7-12,17,19,24,26H,1-6,13-16,18H2,(H,30,32);1H/t24-,26+,28+;/m0./s1. The Morgan fingerprint density at radius 2 is 1.88 bits per heavy atom. The number of halogens is 2. The zero-order valence-corrected chi connectivity index (χ0v) is 22.6. The van der Waals surface area contributed by atoms with Crippen LogP contribution in [0.2, 0.25) is 0 Å². The smallest absolute Gasteiger partial charge is 0.410 e. The van der Waals surface area contributed by atoms with E-state index in [1.54, 1.807) is 0 Å². The quantitative estimate of drug-likeness (QED) is 0.383. The van der Waals surface area contributed by atoms with Gasteiger partial charge in [-0.2, -0.15) is 0 Å². The average molecular weight is 593 g/mol. The maximum absolute atomic E-state index is 12.6. The number of anilines is 1. The molecule has 0 unspecified atom stereocenters. The number of fused-ring (bicyclic) bond motifs is 1. The topological polar surface area (TPSA) is 41.6 Å². The van der Waals surface area contributed by atoms with Gasteiger partial charge in [-0.05, 0) is 127 Å². The number of rotatable bonds is 4. The van der Waals surface area contributed by atoms with Crippen molar-refractivity contribution in [2.24, 2.45) is 11.8 Å². The van der Waals surface area contributed by atoms with E-state index in [1.807, 2.05) is 30.3 Å². The molecule has 6 heteroatoms. The highest BCUT2D eigenvalue weighted by Gasteiger charge is 2.54. The second kappa shape index (κ2) is 9.98. The number of carbonyl (C=O) groups excluding carboxylic acids is 1. The fraction of sp³-hybridized carbons (Fsp3) is 0.536. The van der Waals surface area contributed by atoms with Crippen LogP contribution in [-0.4, -0.2) is 30.1 Å². The van der Waals surface area contributed by atoms with Crippen LogP contribution in [0.1, 0.15) is 62.5 Å². The van der Waals surface area contributed by atoms with Gasteiger partial charge in [-0.3, -0.25) is 10.2 Å². The summed E-state index contributed by atoms with van der Waals surface area (Å²) in [6.07, 6.45) is 11.6. The highest BCUT2D eigenvalue weighted by molar-refractivity contribution is 14.1. The van der Waals surface area contributed by atoms with Crippen LogP contribution in [0.4, 0.5) is 10.5 Å². The van der Waals surface area contributed by atoms with Gasteiger partial charge >= 0.3 is 6.09 Å². The molecule has 0 aromatic heterocycles.